The highest BCUT2D eigenvalue weighted by atomic mass is 32.2. The lowest BCUT2D eigenvalue weighted by Gasteiger charge is -2.19. The van der Waals surface area contributed by atoms with Crippen molar-refractivity contribution in [2.45, 2.75) is 17.6 Å². The summed E-state index contributed by atoms with van der Waals surface area (Å²) in [6, 6.07) is 14.9. The van der Waals surface area contributed by atoms with Gasteiger partial charge in [0.15, 0.2) is 9.84 Å². The molecule has 1 saturated heterocycles. The number of benzene rings is 2. The number of nitrogens with one attached hydrogen (secondary N) is 1. The molecule has 1 aliphatic rings. The van der Waals surface area contributed by atoms with Crippen LogP contribution in [0.25, 0.3) is 0 Å². The minimum Gasteiger partial charge on any atom is -0.396 e. The lowest BCUT2D eigenvalue weighted by molar-refractivity contribution is 0.202. The van der Waals surface area contributed by atoms with Gasteiger partial charge in [-0.15, -0.1) is 0 Å². The third kappa shape index (κ3) is 4.48. The standard InChI is InChI=1S/C20H24N2O4S/c1-15-11-22(12-17(15)13-23)20(24)21-19-10-6-5-7-16(19)14-27(25,26)18-8-3-2-4-9-18/h2-10,15,17,23H,11-14H2,1H3,(H,21,24)/t15-,17+/m1/s1. The van der Waals surface area contributed by atoms with Crippen LogP contribution in [0, 0.1) is 11.8 Å². The number of carbonyl (C=O) groups is 1. The van der Waals surface area contributed by atoms with Gasteiger partial charge in [0.25, 0.3) is 0 Å². The molecule has 0 saturated carbocycles. The van der Waals surface area contributed by atoms with Gasteiger partial charge in [-0.05, 0) is 29.7 Å². The van der Waals surface area contributed by atoms with Crippen LogP contribution in [0.3, 0.4) is 0 Å². The monoisotopic (exact) mass is 388 g/mol. The second-order valence-corrected chi connectivity index (χ2v) is 8.97. The highest BCUT2D eigenvalue weighted by molar-refractivity contribution is 7.90. The van der Waals surface area contributed by atoms with Crippen molar-refractivity contribution in [3.05, 3.63) is 60.2 Å². The molecule has 2 aromatic carbocycles. The quantitative estimate of drug-likeness (QED) is 0.825. The van der Waals surface area contributed by atoms with E-state index in [1.54, 1.807) is 59.5 Å². The molecule has 144 valence electrons. The van der Waals surface area contributed by atoms with Crippen LogP contribution in [0.1, 0.15) is 12.5 Å². The Hall–Kier alpha value is -2.38. The molecule has 27 heavy (non-hydrogen) atoms. The molecule has 6 nitrogen and oxygen atoms in total. The highest BCUT2D eigenvalue weighted by Crippen LogP contribution is 2.25. The molecule has 0 radical (unpaired) electrons. The van der Waals surface area contributed by atoms with Gasteiger partial charge in [0, 0.05) is 31.3 Å². The summed E-state index contributed by atoms with van der Waals surface area (Å²) in [5.74, 6) is 0.113. The lowest BCUT2D eigenvalue weighted by atomic mass is 10.00. The first-order valence-corrected chi connectivity index (χ1v) is 10.6. The zero-order chi connectivity index (χ0) is 19.4. The van der Waals surface area contributed by atoms with Gasteiger partial charge in [-0.1, -0.05) is 43.3 Å². The van der Waals surface area contributed by atoms with Gasteiger partial charge in [0.05, 0.1) is 10.6 Å². The molecule has 1 fully saturated rings. The van der Waals surface area contributed by atoms with E-state index in [4.69, 9.17) is 0 Å². The summed E-state index contributed by atoms with van der Waals surface area (Å²) in [4.78, 5) is 14.5. The maximum Gasteiger partial charge on any atom is 0.321 e. The first-order valence-electron chi connectivity index (χ1n) is 8.93. The molecule has 0 aromatic heterocycles. The number of likely N-dealkylation sites (tertiary alicyclic amines) is 1. The van der Waals surface area contributed by atoms with Crippen molar-refractivity contribution in [1.82, 2.24) is 4.90 Å². The Morgan fingerprint density at radius 2 is 1.78 bits per heavy atom. The van der Waals surface area contributed by atoms with Crippen LogP contribution in [-0.2, 0) is 15.6 Å². The third-order valence-corrected chi connectivity index (χ3v) is 6.68. The van der Waals surface area contributed by atoms with Crippen molar-refractivity contribution < 1.29 is 18.3 Å². The van der Waals surface area contributed by atoms with Crippen molar-refractivity contribution in [2.24, 2.45) is 11.8 Å². The van der Waals surface area contributed by atoms with E-state index in [-0.39, 0.29) is 35.1 Å². The fraction of sp³-hybridized carbons (Fsp3) is 0.350. The molecule has 2 N–H and O–H groups in total. The van der Waals surface area contributed by atoms with E-state index >= 15 is 0 Å². The lowest BCUT2D eigenvalue weighted by Crippen LogP contribution is -2.33. The number of carbonyl (C=O) groups excluding carboxylic acids is 1. The summed E-state index contributed by atoms with van der Waals surface area (Å²) in [6.45, 7) is 3.13. The Bertz CT molecular complexity index is 899. The molecule has 1 heterocycles. The largest absolute Gasteiger partial charge is 0.396 e. The number of hydrogen-bond acceptors (Lipinski definition) is 4. The molecule has 0 unspecified atom stereocenters. The number of aliphatic hydroxyl groups excluding tert-OH is 1. The molecule has 2 amide bonds. The highest BCUT2D eigenvalue weighted by Gasteiger charge is 2.32. The van der Waals surface area contributed by atoms with E-state index < -0.39 is 9.84 Å². The predicted octanol–water partition coefficient (Wildman–Crippen LogP) is 2.75. The van der Waals surface area contributed by atoms with E-state index in [1.165, 1.54) is 0 Å². The third-order valence-electron chi connectivity index (χ3n) is 5.00. The zero-order valence-electron chi connectivity index (χ0n) is 15.2. The summed E-state index contributed by atoms with van der Waals surface area (Å²) in [7, 11) is -3.51. The number of rotatable bonds is 5. The van der Waals surface area contributed by atoms with Crippen LogP contribution in [-0.4, -0.2) is 44.2 Å². The Balaban J connectivity index is 1.76. The molecule has 0 aliphatic carbocycles. The fourth-order valence-corrected chi connectivity index (χ4v) is 4.72. The van der Waals surface area contributed by atoms with E-state index in [2.05, 4.69) is 5.32 Å². The summed E-state index contributed by atoms with van der Waals surface area (Å²) < 4.78 is 25.3. The average Bonchev–Trinajstić information content (AvgIpc) is 3.05. The van der Waals surface area contributed by atoms with Gasteiger partial charge in [-0.25, -0.2) is 13.2 Å². The number of sulfone groups is 1. The summed E-state index contributed by atoms with van der Waals surface area (Å²) in [6.07, 6.45) is 0. The molecule has 1 aliphatic heterocycles. The van der Waals surface area contributed by atoms with Gasteiger partial charge in [-0.2, -0.15) is 0 Å². The van der Waals surface area contributed by atoms with Crippen molar-refractivity contribution >= 4 is 21.6 Å². The van der Waals surface area contributed by atoms with Crippen LogP contribution >= 0.6 is 0 Å². The van der Waals surface area contributed by atoms with Crippen molar-refractivity contribution in [1.29, 1.82) is 0 Å². The van der Waals surface area contributed by atoms with E-state index in [9.17, 15) is 18.3 Å². The van der Waals surface area contributed by atoms with Crippen LogP contribution in [0.2, 0.25) is 0 Å². The Morgan fingerprint density at radius 3 is 2.44 bits per heavy atom. The van der Waals surface area contributed by atoms with Gasteiger partial charge < -0.3 is 15.3 Å². The fourth-order valence-electron chi connectivity index (χ4n) is 3.32. The number of amides is 2. The smallest absolute Gasteiger partial charge is 0.321 e. The number of anilines is 1. The van der Waals surface area contributed by atoms with Gasteiger partial charge in [-0.3, -0.25) is 0 Å². The second-order valence-electron chi connectivity index (χ2n) is 6.98. The van der Waals surface area contributed by atoms with E-state index in [1.807, 2.05) is 6.92 Å². The molecular weight excluding hydrogens is 364 g/mol. The van der Waals surface area contributed by atoms with Gasteiger partial charge in [0.2, 0.25) is 0 Å². The number of urea groups is 1. The van der Waals surface area contributed by atoms with E-state index in [0.717, 1.165) is 0 Å². The van der Waals surface area contributed by atoms with Crippen molar-refractivity contribution in [3.63, 3.8) is 0 Å². The predicted molar refractivity (Wildman–Crippen MR) is 104 cm³/mol. The normalized spacial score (nSPS) is 19.9. The van der Waals surface area contributed by atoms with Crippen LogP contribution in [0.15, 0.2) is 59.5 Å². The molecule has 2 atom stereocenters. The van der Waals surface area contributed by atoms with Crippen LogP contribution in [0.4, 0.5) is 10.5 Å². The maximum atomic E-state index is 12.7. The first-order chi connectivity index (χ1) is 12.9. The number of aliphatic hydroxyl groups is 1. The second kappa shape index (κ2) is 8.10. The SMILES string of the molecule is C[C@@H]1CN(C(=O)Nc2ccccc2CS(=O)(=O)c2ccccc2)C[C@H]1CO. The summed E-state index contributed by atoms with van der Waals surface area (Å²) in [5, 5.41) is 12.2. The zero-order valence-corrected chi connectivity index (χ0v) is 16.0. The van der Waals surface area contributed by atoms with Gasteiger partial charge in [0.1, 0.15) is 0 Å². The molecule has 2 aromatic rings. The number of hydrogen-bond donors (Lipinski definition) is 2. The molecular formula is C20H24N2O4S. The first kappa shape index (κ1) is 19.4. The molecule has 0 bridgehead atoms. The minimum atomic E-state index is -3.51. The number of para-hydroxylation sites is 1. The Kier molecular flexibility index (Phi) is 5.82. The topological polar surface area (TPSA) is 86.7 Å². The molecule has 7 heteroatoms. The van der Waals surface area contributed by atoms with Crippen molar-refractivity contribution in [2.75, 3.05) is 25.0 Å². The average molecular weight is 388 g/mol. The summed E-state index contributed by atoms with van der Waals surface area (Å²) >= 11 is 0. The minimum absolute atomic E-state index is 0.0524. The Morgan fingerprint density at radius 1 is 1.11 bits per heavy atom. The van der Waals surface area contributed by atoms with E-state index in [0.29, 0.717) is 24.3 Å². The Labute approximate surface area is 159 Å². The molecule has 0 spiro atoms. The van der Waals surface area contributed by atoms with Crippen LogP contribution in [0.5, 0.6) is 0 Å². The maximum absolute atomic E-state index is 12.7. The summed E-state index contributed by atoms with van der Waals surface area (Å²) in [5.41, 5.74) is 1.03. The van der Waals surface area contributed by atoms with Crippen LogP contribution < -0.4 is 5.32 Å². The van der Waals surface area contributed by atoms with Crippen molar-refractivity contribution in [3.8, 4) is 0 Å². The van der Waals surface area contributed by atoms with Gasteiger partial charge >= 0.3 is 6.03 Å². The molecule has 3 rings (SSSR count). The number of nitrogens with zero attached hydrogens (tertiary/aromatic N) is 1.